The number of benzene rings is 1. The first-order chi connectivity index (χ1) is 13.2. The predicted molar refractivity (Wildman–Crippen MR) is 109 cm³/mol. The average Bonchev–Trinajstić information content (AvgIpc) is 2.74. The summed E-state index contributed by atoms with van der Waals surface area (Å²) in [6.45, 7) is 7.91. The third kappa shape index (κ3) is 4.96. The second-order valence-electron chi connectivity index (χ2n) is 6.88. The number of piperidine rings is 1. The van der Waals surface area contributed by atoms with Crippen LogP contribution in [0.4, 0.5) is 11.8 Å². The van der Waals surface area contributed by atoms with Gasteiger partial charge in [0.25, 0.3) is 0 Å². The van der Waals surface area contributed by atoms with Gasteiger partial charge in [0, 0.05) is 38.9 Å². The highest BCUT2D eigenvalue weighted by molar-refractivity contribution is 5.79. The minimum Gasteiger partial charge on any atom is -0.366 e. The van der Waals surface area contributed by atoms with Crippen LogP contribution in [0, 0.1) is 5.92 Å². The van der Waals surface area contributed by atoms with Crippen LogP contribution in [-0.4, -0.2) is 47.0 Å². The molecule has 2 aromatic rings. The molecule has 0 aliphatic carbocycles. The van der Waals surface area contributed by atoms with E-state index in [9.17, 15) is 4.79 Å². The fourth-order valence-electron chi connectivity index (χ4n) is 3.54. The summed E-state index contributed by atoms with van der Waals surface area (Å²) in [7, 11) is 0. The van der Waals surface area contributed by atoms with Crippen LogP contribution in [0.25, 0.3) is 0 Å². The molecule has 2 heterocycles. The zero-order valence-corrected chi connectivity index (χ0v) is 16.3. The van der Waals surface area contributed by atoms with Crippen molar-refractivity contribution < 1.29 is 4.79 Å². The zero-order valence-electron chi connectivity index (χ0n) is 16.3. The Morgan fingerprint density at radius 1 is 1.22 bits per heavy atom. The van der Waals surface area contributed by atoms with E-state index in [0.717, 1.165) is 44.8 Å². The van der Waals surface area contributed by atoms with Gasteiger partial charge in [-0.1, -0.05) is 30.3 Å². The summed E-state index contributed by atoms with van der Waals surface area (Å²) in [6.07, 6.45) is 3.71. The molecule has 1 saturated heterocycles. The van der Waals surface area contributed by atoms with E-state index in [0.29, 0.717) is 12.5 Å². The number of carbonyl (C=O) groups excluding carboxylic acids is 1. The van der Waals surface area contributed by atoms with Crippen LogP contribution in [0.1, 0.15) is 32.3 Å². The van der Waals surface area contributed by atoms with E-state index in [1.165, 1.54) is 5.56 Å². The maximum atomic E-state index is 12.7. The third-order valence-corrected chi connectivity index (χ3v) is 5.09. The van der Waals surface area contributed by atoms with Gasteiger partial charge in [-0.3, -0.25) is 4.79 Å². The molecule has 1 aliphatic rings. The highest BCUT2D eigenvalue weighted by Crippen LogP contribution is 2.23. The van der Waals surface area contributed by atoms with Crippen molar-refractivity contribution in [2.75, 3.05) is 36.4 Å². The number of hydrogen-bond donors (Lipinski definition) is 1. The van der Waals surface area contributed by atoms with Gasteiger partial charge in [-0.15, -0.1) is 0 Å². The van der Waals surface area contributed by atoms with Crippen LogP contribution in [0.3, 0.4) is 0 Å². The van der Waals surface area contributed by atoms with E-state index >= 15 is 0 Å². The molecule has 0 spiro atoms. The van der Waals surface area contributed by atoms with E-state index in [4.69, 9.17) is 0 Å². The number of nitrogens with zero attached hydrogens (tertiary/aromatic N) is 4. The van der Waals surface area contributed by atoms with Crippen LogP contribution in [0.2, 0.25) is 0 Å². The number of amides is 1. The predicted octanol–water partition coefficient (Wildman–Crippen LogP) is 3.17. The smallest absolute Gasteiger partial charge is 0.227 e. The lowest BCUT2D eigenvalue weighted by Gasteiger charge is -2.34. The van der Waals surface area contributed by atoms with Crippen molar-refractivity contribution in [2.24, 2.45) is 5.92 Å². The van der Waals surface area contributed by atoms with Crippen LogP contribution >= 0.6 is 0 Å². The van der Waals surface area contributed by atoms with Crippen molar-refractivity contribution in [3.8, 4) is 0 Å². The highest BCUT2D eigenvalue weighted by atomic mass is 16.2. The topological polar surface area (TPSA) is 61.4 Å². The minimum atomic E-state index is 0.0307. The van der Waals surface area contributed by atoms with Gasteiger partial charge in [0.15, 0.2) is 0 Å². The molecule has 1 unspecified atom stereocenters. The Hall–Kier alpha value is -2.63. The lowest BCUT2D eigenvalue weighted by atomic mass is 9.96. The van der Waals surface area contributed by atoms with Crippen LogP contribution in [0.15, 0.2) is 42.6 Å². The molecular formula is C21H29N5O. The molecule has 0 bridgehead atoms. The normalized spacial score (nSPS) is 16.8. The first-order valence-corrected chi connectivity index (χ1v) is 9.85. The van der Waals surface area contributed by atoms with Crippen molar-refractivity contribution in [3.63, 3.8) is 0 Å². The molecule has 1 fully saturated rings. The summed E-state index contributed by atoms with van der Waals surface area (Å²) in [5.74, 6) is 1.79. The minimum absolute atomic E-state index is 0.0307. The molecule has 0 radical (unpaired) electrons. The fraction of sp³-hybridized carbons (Fsp3) is 0.476. The molecule has 27 heavy (non-hydrogen) atoms. The van der Waals surface area contributed by atoms with Gasteiger partial charge in [0.05, 0.1) is 5.92 Å². The molecule has 144 valence electrons. The summed E-state index contributed by atoms with van der Waals surface area (Å²) in [6, 6.07) is 12.1. The van der Waals surface area contributed by atoms with E-state index < -0.39 is 0 Å². The number of rotatable bonds is 7. The molecule has 1 N–H and O–H groups in total. The molecule has 6 nitrogen and oxygen atoms in total. The van der Waals surface area contributed by atoms with Gasteiger partial charge < -0.3 is 15.1 Å². The maximum Gasteiger partial charge on any atom is 0.227 e. The lowest BCUT2D eigenvalue weighted by Crippen LogP contribution is -2.45. The Bertz CT molecular complexity index is 732. The van der Waals surface area contributed by atoms with Crippen molar-refractivity contribution >= 4 is 17.7 Å². The second kappa shape index (κ2) is 9.35. The summed E-state index contributed by atoms with van der Waals surface area (Å²) >= 11 is 0. The molecule has 1 aromatic carbocycles. The van der Waals surface area contributed by atoms with E-state index in [2.05, 4.69) is 32.3 Å². The number of hydrogen-bond acceptors (Lipinski definition) is 5. The maximum absolute atomic E-state index is 12.7. The van der Waals surface area contributed by atoms with Gasteiger partial charge in [-0.05, 0) is 38.3 Å². The first kappa shape index (κ1) is 19.1. The number of aromatic nitrogens is 2. The Morgan fingerprint density at radius 2 is 2.00 bits per heavy atom. The fourth-order valence-corrected chi connectivity index (χ4v) is 3.54. The third-order valence-electron chi connectivity index (χ3n) is 5.09. The largest absolute Gasteiger partial charge is 0.366 e. The van der Waals surface area contributed by atoms with Crippen LogP contribution in [0.5, 0.6) is 0 Å². The second-order valence-corrected chi connectivity index (χ2v) is 6.88. The molecule has 1 aromatic heterocycles. The van der Waals surface area contributed by atoms with Crippen LogP contribution < -0.4 is 10.2 Å². The Kier molecular flexibility index (Phi) is 6.63. The number of nitrogens with one attached hydrogen (secondary N) is 1. The van der Waals surface area contributed by atoms with E-state index in [1.54, 1.807) is 6.20 Å². The highest BCUT2D eigenvalue weighted by Gasteiger charge is 2.29. The van der Waals surface area contributed by atoms with Gasteiger partial charge in [-0.2, -0.15) is 4.98 Å². The Labute approximate surface area is 161 Å². The van der Waals surface area contributed by atoms with Gasteiger partial charge in [0.2, 0.25) is 11.9 Å². The summed E-state index contributed by atoms with van der Waals surface area (Å²) in [4.78, 5) is 25.9. The van der Waals surface area contributed by atoms with E-state index in [-0.39, 0.29) is 11.8 Å². The van der Waals surface area contributed by atoms with Crippen molar-refractivity contribution in [3.05, 3.63) is 48.2 Å². The SMILES string of the molecule is CCN(CC)C(=O)C1CCCN(c2nccc(NCc3ccccc3)n2)C1. The lowest BCUT2D eigenvalue weighted by molar-refractivity contribution is -0.135. The van der Waals surface area contributed by atoms with Crippen molar-refractivity contribution in [1.82, 2.24) is 14.9 Å². The zero-order chi connectivity index (χ0) is 19.1. The van der Waals surface area contributed by atoms with Gasteiger partial charge in [-0.25, -0.2) is 4.98 Å². The molecule has 3 rings (SSSR count). The molecular weight excluding hydrogens is 338 g/mol. The van der Waals surface area contributed by atoms with Crippen molar-refractivity contribution in [1.29, 1.82) is 0 Å². The summed E-state index contributed by atoms with van der Waals surface area (Å²) < 4.78 is 0. The average molecular weight is 367 g/mol. The monoisotopic (exact) mass is 367 g/mol. The standard InChI is InChI=1S/C21H29N5O/c1-3-25(4-2)20(27)18-11-8-14-26(16-18)21-22-13-12-19(24-21)23-15-17-9-6-5-7-10-17/h5-7,9-10,12-13,18H,3-4,8,11,14-16H2,1-2H3,(H,22,23,24). The molecule has 0 saturated carbocycles. The molecule has 1 atom stereocenters. The van der Waals surface area contributed by atoms with E-state index in [1.807, 2.05) is 43.0 Å². The molecule has 1 amide bonds. The summed E-state index contributed by atoms with van der Waals surface area (Å²) in [5, 5.41) is 3.36. The van der Waals surface area contributed by atoms with Crippen LogP contribution in [-0.2, 0) is 11.3 Å². The van der Waals surface area contributed by atoms with Gasteiger partial charge in [0.1, 0.15) is 5.82 Å². The quantitative estimate of drug-likeness (QED) is 0.814. The molecule has 6 heteroatoms. The van der Waals surface area contributed by atoms with Gasteiger partial charge >= 0.3 is 0 Å². The Balaban J connectivity index is 1.64. The number of anilines is 2. The summed E-state index contributed by atoms with van der Waals surface area (Å²) in [5.41, 5.74) is 1.21. The first-order valence-electron chi connectivity index (χ1n) is 9.85. The number of carbonyl (C=O) groups is 1. The van der Waals surface area contributed by atoms with Crippen molar-refractivity contribution in [2.45, 2.75) is 33.2 Å². The Morgan fingerprint density at radius 3 is 2.74 bits per heavy atom. The molecule has 1 aliphatic heterocycles.